The third-order valence-electron chi connectivity index (χ3n) is 3.55. The molecule has 9 heteroatoms. The number of halogens is 4. The number of benzene rings is 1. The number of aromatic carboxylic acids is 1. The zero-order valence-corrected chi connectivity index (χ0v) is 13.0. The first kappa shape index (κ1) is 17.0. The van der Waals surface area contributed by atoms with Crippen LogP contribution in [0.15, 0.2) is 35.3 Å². The Bertz CT molecular complexity index is 1080. The summed E-state index contributed by atoms with van der Waals surface area (Å²) < 4.78 is 41.2. The predicted molar refractivity (Wildman–Crippen MR) is 84.0 cm³/mol. The predicted octanol–water partition coefficient (Wildman–Crippen LogP) is 3.49. The van der Waals surface area contributed by atoms with Gasteiger partial charge < -0.3 is 5.11 Å². The third kappa shape index (κ3) is 2.85. The normalized spacial score (nSPS) is 11.0. The Morgan fingerprint density at radius 3 is 2.60 bits per heavy atom. The molecular weight excluding hydrogens is 361 g/mol. The van der Waals surface area contributed by atoms with E-state index in [-0.39, 0.29) is 27.4 Å². The summed E-state index contributed by atoms with van der Waals surface area (Å²) in [6.07, 6.45) is 0.863. The SMILES string of the molecule is O=C(O)c1cn(-c2ccc(F)cc2F)c2nc(Cl)c(CF)cc2c1=O. The van der Waals surface area contributed by atoms with Gasteiger partial charge >= 0.3 is 5.97 Å². The molecule has 0 saturated heterocycles. The maximum atomic E-state index is 14.1. The smallest absolute Gasteiger partial charge is 0.341 e. The summed E-state index contributed by atoms with van der Waals surface area (Å²) in [5, 5.41) is 8.70. The van der Waals surface area contributed by atoms with E-state index in [2.05, 4.69) is 4.98 Å². The molecule has 3 aromatic rings. The molecule has 0 atom stereocenters. The highest BCUT2D eigenvalue weighted by molar-refractivity contribution is 6.30. The maximum Gasteiger partial charge on any atom is 0.341 e. The number of alkyl halides is 1. The molecule has 3 rings (SSSR count). The molecule has 25 heavy (non-hydrogen) atoms. The monoisotopic (exact) mass is 368 g/mol. The Morgan fingerprint density at radius 2 is 2.00 bits per heavy atom. The molecule has 1 N–H and O–H groups in total. The molecule has 0 aliphatic carbocycles. The Labute approximate surface area is 142 Å². The van der Waals surface area contributed by atoms with Gasteiger partial charge in [0.25, 0.3) is 0 Å². The van der Waals surface area contributed by atoms with E-state index in [1.165, 1.54) is 0 Å². The van der Waals surface area contributed by atoms with Gasteiger partial charge in [0.15, 0.2) is 0 Å². The number of aromatic nitrogens is 2. The van der Waals surface area contributed by atoms with Gasteiger partial charge in [-0.25, -0.2) is 22.9 Å². The van der Waals surface area contributed by atoms with Crippen molar-refractivity contribution in [3.63, 3.8) is 0 Å². The number of nitrogens with zero attached hydrogens (tertiary/aromatic N) is 2. The van der Waals surface area contributed by atoms with Crippen LogP contribution in [0.3, 0.4) is 0 Å². The molecule has 2 heterocycles. The Hall–Kier alpha value is -2.87. The summed E-state index contributed by atoms with van der Waals surface area (Å²) in [5.74, 6) is -3.40. The summed E-state index contributed by atoms with van der Waals surface area (Å²) in [6, 6.07) is 3.67. The lowest BCUT2D eigenvalue weighted by molar-refractivity contribution is 0.0695. The fraction of sp³-hybridized carbons (Fsp3) is 0.0625. The minimum absolute atomic E-state index is 0.111. The highest BCUT2D eigenvalue weighted by Crippen LogP contribution is 2.24. The zero-order valence-electron chi connectivity index (χ0n) is 12.3. The van der Waals surface area contributed by atoms with Crippen LogP contribution in [0.1, 0.15) is 15.9 Å². The highest BCUT2D eigenvalue weighted by atomic mass is 35.5. The lowest BCUT2D eigenvalue weighted by atomic mass is 10.1. The average molecular weight is 369 g/mol. The molecule has 0 aliphatic heterocycles. The fourth-order valence-corrected chi connectivity index (χ4v) is 2.56. The van der Waals surface area contributed by atoms with Gasteiger partial charge in [-0.15, -0.1) is 0 Å². The number of fused-ring (bicyclic) bond motifs is 1. The van der Waals surface area contributed by atoms with Crippen LogP contribution in [0.2, 0.25) is 5.15 Å². The average Bonchev–Trinajstić information content (AvgIpc) is 2.55. The molecule has 1 aromatic carbocycles. The van der Waals surface area contributed by atoms with Crippen molar-refractivity contribution in [2.24, 2.45) is 0 Å². The molecule has 0 aliphatic rings. The van der Waals surface area contributed by atoms with Crippen molar-refractivity contribution in [2.75, 3.05) is 0 Å². The van der Waals surface area contributed by atoms with Crippen molar-refractivity contribution in [3.8, 4) is 5.69 Å². The number of carboxylic acids is 1. The number of rotatable bonds is 3. The highest BCUT2D eigenvalue weighted by Gasteiger charge is 2.19. The van der Waals surface area contributed by atoms with Crippen LogP contribution >= 0.6 is 11.6 Å². The summed E-state index contributed by atoms with van der Waals surface area (Å²) in [4.78, 5) is 27.5. The Kier molecular flexibility index (Phi) is 4.22. The largest absolute Gasteiger partial charge is 0.477 e. The first-order chi connectivity index (χ1) is 11.8. The van der Waals surface area contributed by atoms with Gasteiger partial charge in [0.2, 0.25) is 5.43 Å². The van der Waals surface area contributed by atoms with E-state index >= 15 is 0 Å². The number of hydrogen-bond acceptors (Lipinski definition) is 3. The van der Waals surface area contributed by atoms with Crippen LogP contribution in [0.4, 0.5) is 13.2 Å². The van der Waals surface area contributed by atoms with Crippen molar-refractivity contribution in [2.45, 2.75) is 6.67 Å². The van der Waals surface area contributed by atoms with E-state index < -0.39 is 35.3 Å². The van der Waals surface area contributed by atoms with Crippen LogP contribution in [-0.2, 0) is 6.67 Å². The second-order valence-corrected chi connectivity index (χ2v) is 5.44. The molecule has 2 aromatic heterocycles. The van der Waals surface area contributed by atoms with E-state index in [1.54, 1.807) is 0 Å². The Morgan fingerprint density at radius 1 is 1.28 bits per heavy atom. The third-order valence-corrected chi connectivity index (χ3v) is 3.88. The maximum absolute atomic E-state index is 14.1. The second kappa shape index (κ2) is 6.21. The quantitative estimate of drug-likeness (QED) is 0.718. The molecule has 0 saturated carbocycles. The van der Waals surface area contributed by atoms with Gasteiger partial charge in [-0.1, -0.05) is 11.6 Å². The Balaban J connectivity index is 2.49. The molecular formula is C16H8ClF3N2O3. The van der Waals surface area contributed by atoms with Crippen LogP contribution in [-0.4, -0.2) is 20.6 Å². The van der Waals surface area contributed by atoms with Crippen LogP contribution in [0.5, 0.6) is 0 Å². The topological polar surface area (TPSA) is 72.2 Å². The minimum Gasteiger partial charge on any atom is -0.477 e. The molecule has 0 fully saturated rings. The van der Waals surface area contributed by atoms with Gasteiger partial charge in [-0.2, -0.15) is 0 Å². The lowest BCUT2D eigenvalue weighted by Crippen LogP contribution is -2.20. The molecule has 128 valence electrons. The van der Waals surface area contributed by atoms with Gasteiger partial charge in [0, 0.05) is 17.8 Å². The van der Waals surface area contributed by atoms with Crippen molar-refractivity contribution in [1.29, 1.82) is 0 Å². The molecule has 0 spiro atoms. The van der Waals surface area contributed by atoms with Crippen molar-refractivity contribution in [1.82, 2.24) is 9.55 Å². The minimum atomic E-state index is -1.56. The summed E-state index contributed by atoms with van der Waals surface area (Å²) in [7, 11) is 0. The lowest BCUT2D eigenvalue weighted by Gasteiger charge is -2.13. The molecule has 5 nitrogen and oxygen atoms in total. The zero-order chi connectivity index (χ0) is 18.3. The van der Waals surface area contributed by atoms with Crippen LogP contribution < -0.4 is 5.43 Å². The van der Waals surface area contributed by atoms with Crippen molar-refractivity contribution < 1.29 is 23.1 Å². The van der Waals surface area contributed by atoms with Crippen LogP contribution in [0, 0.1) is 11.6 Å². The summed E-state index contributed by atoms with van der Waals surface area (Å²) in [6.45, 7) is -1.02. The van der Waals surface area contributed by atoms with Gasteiger partial charge in [-0.05, 0) is 18.2 Å². The van der Waals surface area contributed by atoms with Crippen molar-refractivity contribution >= 4 is 28.6 Å². The van der Waals surface area contributed by atoms with Gasteiger partial charge in [0.1, 0.15) is 34.7 Å². The van der Waals surface area contributed by atoms with Crippen molar-refractivity contribution in [3.05, 3.63) is 68.6 Å². The fourth-order valence-electron chi connectivity index (χ4n) is 2.37. The molecule has 0 unspecified atom stereocenters. The van der Waals surface area contributed by atoms with Gasteiger partial charge in [0.05, 0.1) is 11.1 Å². The van der Waals surface area contributed by atoms with Crippen LogP contribution in [0.25, 0.3) is 16.7 Å². The standard InChI is InChI=1S/C16H8ClF3N2O3/c17-14-7(5-18)3-9-13(23)10(16(24)25)6-22(15(9)21-14)12-2-1-8(19)4-11(12)20/h1-4,6H,5H2,(H,24,25). The number of carboxylic acid groups (broad SMARTS) is 1. The van der Waals surface area contributed by atoms with E-state index in [1.807, 2.05) is 0 Å². The number of carbonyl (C=O) groups is 1. The van der Waals surface area contributed by atoms with E-state index in [9.17, 15) is 27.9 Å². The van der Waals surface area contributed by atoms with E-state index in [0.717, 1.165) is 29.0 Å². The number of hydrogen-bond donors (Lipinski definition) is 1. The van der Waals surface area contributed by atoms with E-state index in [4.69, 9.17) is 11.6 Å². The van der Waals surface area contributed by atoms with E-state index in [0.29, 0.717) is 6.07 Å². The molecule has 0 radical (unpaired) electrons. The molecule has 0 bridgehead atoms. The number of pyridine rings is 2. The summed E-state index contributed by atoms with van der Waals surface area (Å²) in [5.41, 5.74) is -2.13. The summed E-state index contributed by atoms with van der Waals surface area (Å²) >= 11 is 5.85. The first-order valence-electron chi connectivity index (χ1n) is 6.83. The molecule has 0 amide bonds. The second-order valence-electron chi connectivity index (χ2n) is 5.09. The van der Waals surface area contributed by atoms with Gasteiger partial charge in [-0.3, -0.25) is 9.36 Å². The first-order valence-corrected chi connectivity index (χ1v) is 7.20.